The Morgan fingerprint density at radius 3 is 2.58 bits per heavy atom. The number of carbonyl (C=O) groups is 3. The molecule has 0 radical (unpaired) electrons. The predicted molar refractivity (Wildman–Crippen MR) is 116 cm³/mol. The number of carbonyl (C=O) groups excluding carboxylic acids is 3. The lowest BCUT2D eigenvalue weighted by atomic mass is 10.1. The van der Waals surface area contributed by atoms with Gasteiger partial charge in [-0.05, 0) is 42.1 Å². The smallest absolute Gasteiger partial charge is 0.418 e. The van der Waals surface area contributed by atoms with E-state index in [-0.39, 0.29) is 16.9 Å². The molecule has 0 aliphatic heterocycles. The van der Waals surface area contributed by atoms with E-state index in [9.17, 15) is 27.6 Å². The Hall–Kier alpha value is -3.80. The van der Waals surface area contributed by atoms with Crippen LogP contribution in [0, 0.1) is 0 Å². The molecule has 2 aromatic heterocycles. The molecule has 0 aliphatic rings. The molecule has 0 aliphatic carbocycles. The van der Waals surface area contributed by atoms with Crippen LogP contribution in [0.3, 0.4) is 0 Å². The largest absolute Gasteiger partial charge is 0.472 e. The van der Waals surface area contributed by atoms with E-state index in [1.807, 2.05) is 22.8 Å². The first-order valence-corrected chi connectivity index (χ1v) is 10.5. The zero-order chi connectivity index (χ0) is 23.8. The number of halogens is 3. The number of rotatable bonds is 8. The standard InChI is InChI=1S/C21H19F3N4O4S/c22-21(23,24)16-10-14(27-19(30)13-6-8-32-12-13)3-4-17(16)26-11-18(29)28-20(31)25-7-5-15-2-1-9-33-15/h1-4,6,8-10,12,26H,5,7,11H2,(H,27,30)(H2,25,28,29,31). The minimum Gasteiger partial charge on any atom is -0.472 e. The minimum absolute atomic E-state index is 0.0892. The van der Waals surface area contributed by atoms with Gasteiger partial charge in [-0.2, -0.15) is 13.2 Å². The van der Waals surface area contributed by atoms with Crippen LogP contribution < -0.4 is 21.3 Å². The van der Waals surface area contributed by atoms with E-state index in [0.29, 0.717) is 13.0 Å². The maximum absolute atomic E-state index is 13.5. The molecule has 0 saturated carbocycles. The second-order valence-electron chi connectivity index (χ2n) is 6.71. The third-order valence-electron chi connectivity index (χ3n) is 4.30. The lowest BCUT2D eigenvalue weighted by Gasteiger charge is -2.16. The number of hydrogen-bond donors (Lipinski definition) is 4. The summed E-state index contributed by atoms with van der Waals surface area (Å²) in [4.78, 5) is 36.8. The van der Waals surface area contributed by atoms with E-state index >= 15 is 0 Å². The molecule has 4 amide bonds. The molecule has 12 heteroatoms. The molecule has 1 aromatic carbocycles. The van der Waals surface area contributed by atoms with Gasteiger partial charge in [0.25, 0.3) is 5.91 Å². The molecule has 3 aromatic rings. The number of nitrogens with one attached hydrogen (secondary N) is 4. The van der Waals surface area contributed by atoms with Crippen LogP contribution in [0.25, 0.3) is 0 Å². The van der Waals surface area contributed by atoms with Crippen LogP contribution in [0.15, 0.2) is 58.7 Å². The van der Waals surface area contributed by atoms with E-state index in [1.54, 1.807) is 0 Å². The first-order valence-electron chi connectivity index (χ1n) is 9.61. The Bertz CT molecular complexity index is 1100. The Labute approximate surface area is 190 Å². The van der Waals surface area contributed by atoms with Crippen molar-refractivity contribution in [3.05, 3.63) is 70.3 Å². The highest BCUT2D eigenvalue weighted by molar-refractivity contribution is 7.09. The van der Waals surface area contributed by atoms with E-state index < -0.39 is 36.1 Å². The van der Waals surface area contributed by atoms with Crippen LogP contribution in [0.5, 0.6) is 0 Å². The highest BCUT2D eigenvalue weighted by atomic mass is 32.1. The van der Waals surface area contributed by atoms with Crippen LogP contribution in [-0.4, -0.2) is 30.9 Å². The van der Waals surface area contributed by atoms with Gasteiger partial charge in [-0.3, -0.25) is 14.9 Å². The maximum atomic E-state index is 13.5. The fraction of sp³-hybridized carbons (Fsp3) is 0.190. The van der Waals surface area contributed by atoms with Crippen LogP contribution >= 0.6 is 11.3 Å². The molecule has 4 N–H and O–H groups in total. The van der Waals surface area contributed by atoms with Gasteiger partial charge in [0.1, 0.15) is 6.26 Å². The average Bonchev–Trinajstić information content (AvgIpc) is 3.46. The minimum atomic E-state index is -4.76. The summed E-state index contributed by atoms with van der Waals surface area (Å²) in [7, 11) is 0. The molecule has 0 unspecified atom stereocenters. The fourth-order valence-electron chi connectivity index (χ4n) is 2.75. The van der Waals surface area contributed by atoms with Crippen molar-refractivity contribution in [3.63, 3.8) is 0 Å². The van der Waals surface area contributed by atoms with Gasteiger partial charge < -0.3 is 20.4 Å². The molecule has 8 nitrogen and oxygen atoms in total. The Balaban J connectivity index is 1.54. The van der Waals surface area contributed by atoms with E-state index in [0.717, 1.165) is 23.3 Å². The number of furan rings is 1. The molecule has 0 atom stereocenters. The van der Waals surface area contributed by atoms with Crippen LogP contribution in [0.4, 0.5) is 29.3 Å². The summed E-state index contributed by atoms with van der Waals surface area (Å²) in [6.45, 7) is -0.264. The van der Waals surface area contributed by atoms with Crippen molar-refractivity contribution in [2.45, 2.75) is 12.6 Å². The highest BCUT2D eigenvalue weighted by Gasteiger charge is 2.34. The fourth-order valence-corrected chi connectivity index (χ4v) is 3.46. The second kappa shape index (κ2) is 10.7. The van der Waals surface area contributed by atoms with Gasteiger partial charge >= 0.3 is 12.2 Å². The third-order valence-corrected chi connectivity index (χ3v) is 5.23. The Kier molecular flexibility index (Phi) is 7.72. The maximum Gasteiger partial charge on any atom is 0.418 e. The summed E-state index contributed by atoms with van der Waals surface area (Å²) in [6, 6.07) is 7.50. The number of alkyl halides is 3. The van der Waals surface area contributed by atoms with Crippen molar-refractivity contribution in [2.75, 3.05) is 23.7 Å². The van der Waals surface area contributed by atoms with Crippen molar-refractivity contribution in [1.82, 2.24) is 10.6 Å². The molecular weight excluding hydrogens is 461 g/mol. The lowest BCUT2D eigenvalue weighted by molar-refractivity contribution is -0.137. The monoisotopic (exact) mass is 480 g/mol. The lowest BCUT2D eigenvalue weighted by Crippen LogP contribution is -2.42. The third kappa shape index (κ3) is 7.10. The Morgan fingerprint density at radius 1 is 1.09 bits per heavy atom. The quantitative estimate of drug-likeness (QED) is 0.388. The average molecular weight is 480 g/mol. The highest BCUT2D eigenvalue weighted by Crippen LogP contribution is 2.36. The molecule has 2 heterocycles. The van der Waals surface area contributed by atoms with Crippen molar-refractivity contribution in [2.24, 2.45) is 0 Å². The van der Waals surface area contributed by atoms with Crippen molar-refractivity contribution in [3.8, 4) is 0 Å². The summed E-state index contributed by atoms with van der Waals surface area (Å²) >= 11 is 1.53. The van der Waals surface area contributed by atoms with Crippen molar-refractivity contribution in [1.29, 1.82) is 0 Å². The number of benzene rings is 1. The normalized spacial score (nSPS) is 11.0. The van der Waals surface area contributed by atoms with Gasteiger partial charge in [0, 0.05) is 22.8 Å². The summed E-state index contributed by atoms with van der Waals surface area (Å²) in [5.41, 5.74) is -1.40. The summed E-state index contributed by atoms with van der Waals surface area (Å²) in [6.07, 6.45) is -1.74. The van der Waals surface area contributed by atoms with Crippen molar-refractivity contribution < 1.29 is 32.0 Å². The van der Waals surface area contributed by atoms with Gasteiger partial charge in [0.2, 0.25) is 5.91 Å². The molecule has 0 bridgehead atoms. The first-order chi connectivity index (χ1) is 15.7. The number of hydrogen-bond acceptors (Lipinski definition) is 6. The second-order valence-corrected chi connectivity index (χ2v) is 7.74. The van der Waals surface area contributed by atoms with E-state index in [1.165, 1.54) is 29.7 Å². The predicted octanol–water partition coefficient (Wildman–Crippen LogP) is 4.09. The topological polar surface area (TPSA) is 112 Å². The number of amides is 4. The Morgan fingerprint density at radius 2 is 1.91 bits per heavy atom. The zero-order valence-electron chi connectivity index (χ0n) is 17.0. The van der Waals surface area contributed by atoms with Gasteiger partial charge in [-0.15, -0.1) is 11.3 Å². The summed E-state index contributed by atoms with van der Waals surface area (Å²) in [5.74, 6) is -1.45. The van der Waals surface area contributed by atoms with Crippen LogP contribution in [0.1, 0.15) is 20.8 Å². The van der Waals surface area contributed by atoms with Crippen LogP contribution in [-0.2, 0) is 17.4 Å². The van der Waals surface area contributed by atoms with E-state index in [4.69, 9.17) is 4.42 Å². The summed E-state index contributed by atoms with van der Waals surface area (Å²) < 4.78 is 45.3. The molecule has 33 heavy (non-hydrogen) atoms. The first kappa shape index (κ1) is 23.9. The molecule has 3 rings (SSSR count). The molecule has 0 saturated heterocycles. The SMILES string of the molecule is O=C(CNc1ccc(NC(=O)c2ccoc2)cc1C(F)(F)F)NC(=O)NCCc1cccs1. The van der Waals surface area contributed by atoms with Gasteiger partial charge in [-0.1, -0.05) is 6.07 Å². The molecule has 174 valence electrons. The number of urea groups is 1. The van der Waals surface area contributed by atoms with Gasteiger partial charge in [0.05, 0.1) is 23.9 Å². The molecule has 0 fully saturated rings. The zero-order valence-corrected chi connectivity index (χ0v) is 17.8. The molecule has 0 spiro atoms. The van der Waals surface area contributed by atoms with Gasteiger partial charge in [-0.25, -0.2) is 4.79 Å². The summed E-state index contributed by atoms with van der Waals surface area (Å²) in [5, 5.41) is 11.2. The number of anilines is 2. The van der Waals surface area contributed by atoms with Crippen LogP contribution in [0.2, 0.25) is 0 Å². The number of imide groups is 1. The van der Waals surface area contributed by atoms with Gasteiger partial charge in [0.15, 0.2) is 0 Å². The van der Waals surface area contributed by atoms with Crippen molar-refractivity contribution >= 4 is 40.6 Å². The number of thiophene rings is 1. The van der Waals surface area contributed by atoms with E-state index in [2.05, 4.69) is 16.0 Å². The molecular formula is C21H19F3N4O4S.